The molecule has 1 unspecified atom stereocenters. The lowest BCUT2D eigenvalue weighted by atomic mass is 9.76. The maximum absolute atomic E-state index is 14.9. The number of aromatic amines is 1. The van der Waals surface area contributed by atoms with E-state index in [0.717, 1.165) is 6.07 Å². The van der Waals surface area contributed by atoms with Gasteiger partial charge in [0.15, 0.2) is 0 Å². The number of likely N-dealkylation sites (tertiary alicyclic amines) is 1. The second-order valence-electron chi connectivity index (χ2n) is 9.42. The zero-order valence-corrected chi connectivity index (χ0v) is 19.9. The lowest BCUT2D eigenvalue weighted by Gasteiger charge is -2.40. The quantitative estimate of drug-likeness (QED) is 0.524. The van der Waals surface area contributed by atoms with Crippen LogP contribution in [0.5, 0.6) is 0 Å². The molecule has 1 spiro atoms. The van der Waals surface area contributed by atoms with Crippen LogP contribution < -0.4 is 10.2 Å². The van der Waals surface area contributed by atoms with Gasteiger partial charge in [0, 0.05) is 23.7 Å². The normalized spacial score (nSPS) is 21.2. The molecule has 1 saturated heterocycles. The highest BCUT2D eigenvalue weighted by Crippen LogP contribution is 2.44. The Morgan fingerprint density at radius 1 is 1.22 bits per heavy atom. The highest BCUT2D eigenvalue weighted by atomic mass is 19.4. The summed E-state index contributed by atoms with van der Waals surface area (Å²) in [5, 5.41) is 9.91. The van der Waals surface area contributed by atoms with Crippen LogP contribution in [0, 0.1) is 12.7 Å². The molecular weight excluding hydrogens is 478 g/mol. The summed E-state index contributed by atoms with van der Waals surface area (Å²) in [6.07, 6.45) is -2.71. The third-order valence-electron chi connectivity index (χ3n) is 6.93. The number of aryl methyl sites for hydroxylation is 1. The summed E-state index contributed by atoms with van der Waals surface area (Å²) in [5.74, 6) is -0.155. The number of amides is 1. The minimum Gasteiger partial charge on any atom is -0.363 e. The Kier molecular flexibility index (Phi) is 5.73. The van der Waals surface area contributed by atoms with E-state index < -0.39 is 29.0 Å². The number of rotatable bonds is 4. The Bertz CT molecular complexity index is 1310. The van der Waals surface area contributed by atoms with Crippen molar-refractivity contribution in [3.63, 3.8) is 0 Å². The van der Waals surface area contributed by atoms with Gasteiger partial charge in [-0.2, -0.15) is 18.3 Å². The summed E-state index contributed by atoms with van der Waals surface area (Å²) >= 11 is 0. The van der Waals surface area contributed by atoms with Crippen LogP contribution in [-0.2, 0) is 22.9 Å². The zero-order chi connectivity index (χ0) is 25.8. The van der Waals surface area contributed by atoms with E-state index in [1.165, 1.54) is 12.1 Å². The number of H-pyrrole nitrogens is 1. The topological polar surface area (TPSA) is 90.0 Å². The number of nitrogens with zero attached hydrogens (tertiary/aromatic N) is 5. The molecule has 2 N–H and O–H groups in total. The van der Waals surface area contributed by atoms with Gasteiger partial charge in [0.2, 0.25) is 5.91 Å². The SMILES string of the molecule is Cc1nc(N[C@H](C)c2cccc(C(F)(F)F)c2F)c2c(n1)C1(CCN(C)C1)C(=O)N(c1ccn[nH]1)C2. The van der Waals surface area contributed by atoms with Crippen molar-refractivity contribution in [2.75, 3.05) is 30.4 Å². The maximum Gasteiger partial charge on any atom is 0.419 e. The molecule has 8 nitrogen and oxygen atoms in total. The molecule has 36 heavy (non-hydrogen) atoms. The second-order valence-corrected chi connectivity index (χ2v) is 9.42. The molecule has 1 aromatic carbocycles. The molecule has 2 atom stereocenters. The number of aromatic nitrogens is 4. The van der Waals surface area contributed by atoms with E-state index in [2.05, 4.69) is 30.4 Å². The number of hydrogen-bond donors (Lipinski definition) is 2. The molecule has 0 radical (unpaired) electrons. The predicted octanol–water partition coefficient (Wildman–Crippen LogP) is 3.96. The summed E-state index contributed by atoms with van der Waals surface area (Å²) in [4.78, 5) is 26.7. The van der Waals surface area contributed by atoms with Gasteiger partial charge in [-0.3, -0.25) is 14.8 Å². The van der Waals surface area contributed by atoms with Gasteiger partial charge in [0.25, 0.3) is 0 Å². The van der Waals surface area contributed by atoms with Gasteiger partial charge in [-0.1, -0.05) is 12.1 Å². The van der Waals surface area contributed by atoms with Crippen molar-refractivity contribution >= 4 is 17.5 Å². The molecule has 0 bridgehead atoms. The monoisotopic (exact) mass is 503 g/mol. The Morgan fingerprint density at radius 3 is 2.64 bits per heavy atom. The number of carbonyl (C=O) groups is 1. The number of halogens is 4. The average Bonchev–Trinajstić information content (AvgIpc) is 3.47. The van der Waals surface area contributed by atoms with Crippen molar-refractivity contribution in [3.8, 4) is 0 Å². The minimum atomic E-state index is -4.81. The first kappa shape index (κ1) is 24.2. The number of anilines is 2. The Morgan fingerprint density at radius 2 is 2.00 bits per heavy atom. The van der Waals surface area contributed by atoms with Gasteiger partial charge in [-0.25, -0.2) is 14.4 Å². The second kappa shape index (κ2) is 8.54. The minimum absolute atomic E-state index is 0.107. The molecule has 3 aromatic rings. The van der Waals surface area contributed by atoms with E-state index in [4.69, 9.17) is 0 Å². The fourth-order valence-corrected chi connectivity index (χ4v) is 5.20. The van der Waals surface area contributed by atoms with Gasteiger partial charge >= 0.3 is 6.18 Å². The molecule has 2 aromatic heterocycles. The highest BCUT2D eigenvalue weighted by Gasteiger charge is 2.53. The zero-order valence-electron chi connectivity index (χ0n) is 19.9. The first-order chi connectivity index (χ1) is 17.0. The Labute approximate surface area is 204 Å². The largest absolute Gasteiger partial charge is 0.419 e. The van der Waals surface area contributed by atoms with Crippen LogP contribution >= 0.6 is 0 Å². The fraction of sp³-hybridized carbons (Fsp3) is 0.417. The van der Waals surface area contributed by atoms with Crippen molar-refractivity contribution in [2.24, 2.45) is 0 Å². The van der Waals surface area contributed by atoms with E-state index in [0.29, 0.717) is 48.2 Å². The molecule has 5 rings (SSSR count). The number of fused-ring (bicyclic) bond motifs is 2. The van der Waals surface area contributed by atoms with Crippen LogP contribution in [0.1, 0.15) is 47.6 Å². The number of carbonyl (C=O) groups excluding carboxylic acids is 1. The van der Waals surface area contributed by atoms with Crippen LogP contribution in [0.2, 0.25) is 0 Å². The Balaban J connectivity index is 1.60. The molecule has 2 aliphatic rings. The van der Waals surface area contributed by atoms with Crippen molar-refractivity contribution in [1.29, 1.82) is 0 Å². The predicted molar refractivity (Wildman–Crippen MR) is 124 cm³/mol. The lowest BCUT2D eigenvalue weighted by molar-refractivity contribution is -0.140. The standard InChI is InChI=1S/C24H25F4N7O/c1-13(15-5-4-6-17(19(15)25)24(26,27)28)30-21-16-11-35(18-7-9-29-33-18)22(36)23(8-10-34(3)12-23)20(16)31-14(2)32-21/h4-7,9,13H,8,10-12H2,1-3H3,(H,29,33)(H,30,31,32)/t13-,23?/m1/s1. The summed E-state index contributed by atoms with van der Waals surface area (Å²) in [6.45, 7) is 4.54. The van der Waals surface area contributed by atoms with Crippen molar-refractivity contribution in [3.05, 3.63) is 64.5 Å². The van der Waals surface area contributed by atoms with Gasteiger partial charge in [-0.15, -0.1) is 0 Å². The van der Waals surface area contributed by atoms with Crippen molar-refractivity contribution < 1.29 is 22.4 Å². The van der Waals surface area contributed by atoms with Crippen molar-refractivity contribution in [2.45, 2.75) is 44.4 Å². The number of nitrogens with one attached hydrogen (secondary N) is 2. The van der Waals surface area contributed by atoms with Crippen LogP contribution in [0.15, 0.2) is 30.5 Å². The molecular formula is C24H25F4N7O. The molecule has 0 aliphatic carbocycles. The lowest BCUT2D eigenvalue weighted by Crippen LogP contribution is -2.53. The van der Waals surface area contributed by atoms with E-state index in [1.54, 1.807) is 31.0 Å². The van der Waals surface area contributed by atoms with Crippen LogP contribution in [0.25, 0.3) is 0 Å². The molecule has 1 fully saturated rings. The van der Waals surface area contributed by atoms with E-state index in [-0.39, 0.29) is 18.0 Å². The molecule has 2 aliphatic heterocycles. The van der Waals surface area contributed by atoms with Crippen molar-refractivity contribution in [1.82, 2.24) is 25.1 Å². The van der Waals surface area contributed by atoms with E-state index >= 15 is 0 Å². The summed E-state index contributed by atoms with van der Waals surface area (Å²) in [6, 6.07) is 4.07. The van der Waals surface area contributed by atoms with E-state index in [1.807, 2.05) is 7.05 Å². The number of hydrogen-bond acceptors (Lipinski definition) is 6. The smallest absolute Gasteiger partial charge is 0.363 e. The number of alkyl halides is 3. The van der Waals surface area contributed by atoms with Gasteiger partial charge in [0.1, 0.15) is 28.7 Å². The molecule has 0 saturated carbocycles. The third-order valence-corrected chi connectivity index (χ3v) is 6.93. The third kappa shape index (κ3) is 3.89. The molecule has 190 valence electrons. The fourth-order valence-electron chi connectivity index (χ4n) is 5.20. The van der Waals surface area contributed by atoms with Gasteiger partial charge < -0.3 is 10.2 Å². The first-order valence-corrected chi connectivity index (χ1v) is 11.5. The number of likely N-dealkylation sites (N-methyl/N-ethyl adjacent to an activating group) is 1. The van der Waals surface area contributed by atoms with Crippen LogP contribution in [-0.4, -0.2) is 51.1 Å². The summed E-state index contributed by atoms with van der Waals surface area (Å²) < 4.78 is 54.7. The maximum atomic E-state index is 14.9. The summed E-state index contributed by atoms with van der Waals surface area (Å²) in [7, 11) is 1.93. The molecule has 1 amide bonds. The molecule has 4 heterocycles. The average molecular weight is 504 g/mol. The summed E-state index contributed by atoms with van der Waals surface area (Å²) in [5.41, 5.74) is -1.13. The first-order valence-electron chi connectivity index (χ1n) is 11.5. The van der Waals surface area contributed by atoms with E-state index in [9.17, 15) is 22.4 Å². The van der Waals surface area contributed by atoms with Gasteiger partial charge in [0.05, 0.1) is 30.0 Å². The number of benzene rings is 1. The Hall–Kier alpha value is -3.54. The van der Waals surface area contributed by atoms with Crippen LogP contribution in [0.3, 0.4) is 0 Å². The van der Waals surface area contributed by atoms with Gasteiger partial charge in [-0.05, 0) is 39.9 Å². The molecule has 12 heteroatoms. The van der Waals surface area contributed by atoms with Crippen LogP contribution in [0.4, 0.5) is 29.2 Å². The highest BCUT2D eigenvalue weighted by molar-refractivity contribution is 6.03.